The molecule has 1 aliphatic rings. The van der Waals surface area contributed by atoms with Gasteiger partial charge >= 0.3 is 12.1 Å². The van der Waals surface area contributed by atoms with Gasteiger partial charge in [0.15, 0.2) is 5.03 Å². The summed E-state index contributed by atoms with van der Waals surface area (Å²) in [6, 6.07) is 9.03. The van der Waals surface area contributed by atoms with Crippen LogP contribution in [0.2, 0.25) is 0 Å². The highest BCUT2D eigenvalue weighted by molar-refractivity contribution is 7.92. The van der Waals surface area contributed by atoms with Crippen LogP contribution >= 0.6 is 0 Å². The van der Waals surface area contributed by atoms with Gasteiger partial charge in [-0.1, -0.05) is 12.1 Å². The van der Waals surface area contributed by atoms with E-state index < -0.39 is 55.5 Å². The van der Waals surface area contributed by atoms with Crippen LogP contribution in [0.25, 0.3) is 11.3 Å². The molecule has 202 valence electrons. The normalized spacial score (nSPS) is 18.3. The summed E-state index contributed by atoms with van der Waals surface area (Å²) in [6.45, 7) is 3.70. The van der Waals surface area contributed by atoms with Gasteiger partial charge in [-0.25, -0.2) is 14.4 Å². The van der Waals surface area contributed by atoms with Gasteiger partial charge in [0.05, 0.1) is 16.7 Å². The summed E-state index contributed by atoms with van der Waals surface area (Å²) in [5.74, 6) is -1.91. The molecule has 1 atom stereocenters. The van der Waals surface area contributed by atoms with Gasteiger partial charge in [0.25, 0.3) is 10.0 Å². The first kappa shape index (κ1) is 27.3. The first-order valence-electron chi connectivity index (χ1n) is 11.5. The zero-order valence-corrected chi connectivity index (χ0v) is 21.2. The summed E-state index contributed by atoms with van der Waals surface area (Å²) in [7, 11) is -4.41. The number of sulfonamides is 1. The van der Waals surface area contributed by atoms with Gasteiger partial charge < -0.3 is 10.0 Å². The maximum absolute atomic E-state index is 13.9. The van der Waals surface area contributed by atoms with Crippen LogP contribution in [0, 0.1) is 18.2 Å². The molecule has 0 saturated carbocycles. The van der Waals surface area contributed by atoms with Crippen molar-refractivity contribution in [2.45, 2.75) is 37.9 Å². The lowest BCUT2D eigenvalue weighted by Crippen LogP contribution is -2.46. The maximum Gasteiger partial charge on any atom is 0.418 e. The Morgan fingerprint density at radius 2 is 1.87 bits per heavy atom. The Kier molecular flexibility index (Phi) is 7.08. The highest BCUT2D eigenvalue weighted by atomic mass is 32.2. The number of nitrogens with zero attached hydrogens (tertiary/aromatic N) is 3. The van der Waals surface area contributed by atoms with Crippen molar-refractivity contribution >= 4 is 27.6 Å². The number of aromatic nitrogens is 2. The highest BCUT2D eigenvalue weighted by Gasteiger charge is 2.39. The predicted octanol–water partition coefficient (Wildman–Crippen LogP) is 5.10. The van der Waals surface area contributed by atoms with E-state index in [0.29, 0.717) is 31.0 Å². The van der Waals surface area contributed by atoms with Gasteiger partial charge in [-0.05, 0) is 68.7 Å². The summed E-state index contributed by atoms with van der Waals surface area (Å²) >= 11 is 0. The van der Waals surface area contributed by atoms with Crippen LogP contribution in [0.4, 0.5) is 29.2 Å². The second kappa shape index (κ2) is 9.86. The molecular formula is C25H24F4N4O4S. The predicted molar refractivity (Wildman–Crippen MR) is 132 cm³/mol. The Hall–Kier alpha value is -3.74. The number of carboxylic acid groups (broad SMARTS) is 1. The van der Waals surface area contributed by atoms with Gasteiger partial charge in [0, 0.05) is 18.7 Å². The zero-order valence-electron chi connectivity index (χ0n) is 20.4. The molecule has 0 aliphatic carbocycles. The minimum absolute atomic E-state index is 0.128. The molecule has 0 radical (unpaired) electrons. The van der Waals surface area contributed by atoms with Gasteiger partial charge in [-0.15, -0.1) is 0 Å². The van der Waals surface area contributed by atoms with Crippen molar-refractivity contribution in [3.8, 4) is 11.3 Å². The number of aliphatic carboxylic acids is 1. The van der Waals surface area contributed by atoms with Gasteiger partial charge in [-0.3, -0.25) is 9.52 Å². The van der Waals surface area contributed by atoms with Crippen LogP contribution in [0.5, 0.6) is 0 Å². The van der Waals surface area contributed by atoms with Crippen LogP contribution in [0.15, 0.2) is 53.6 Å². The summed E-state index contributed by atoms with van der Waals surface area (Å²) in [5, 5.41) is 9.14. The fourth-order valence-corrected chi connectivity index (χ4v) is 5.29. The van der Waals surface area contributed by atoms with Crippen molar-refractivity contribution in [3.05, 3.63) is 65.5 Å². The van der Waals surface area contributed by atoms with Crippen LogP contribution in [0.1, 0.15) is 30.9 Å². The Bertz CT molecular complexity index is 1500. The standard InChI is InChI=1S/C25H24F4N4O4S/c1-15-7-8-16(26)13-17(15)22-18(25(27,28)29)9-10-19(30-22)32-38(36,37)21-6-3-5-20(31-21)33-12-4-11-24(2,14-33)23(34)35/h3,5-10,13H,4,11-12,14H2,1-2H3,(H,30,32)(H,34,35)/t24-/m1/s1. The van der Waals surface area contributed by atoms with E-state index >= 15 is 0 Å². The molecule has 1 fully saturated rings. The topological polar surface area (TPSA) is 112 Å². The molecule has 3 heterocycles. The molecule has 0 bridgehead atoms. The lowest BCUT2D eigenvalue weighted by Gasteiger charge is -2.38. The van der Waals surface area contributed by atoms with Crippen LogP contribution in [0.3, 0.4) is 0 Å². The Balaban J connectivity index is 1.68. The average Bonchev–Trinajstić information content (AvgIpc) is 2.84. The molecule has 3 aromatic rings. The van der Waals surface area contributed by atoms with Crippen LogP contribution < -0.4 is 9.62 Å². The van der Waals surface area contributed by atoms with E-state index in [1.54, 1.807) is 17.9 Å². The maximum atomic E-state index is 13.9. The molecule has 2 aromatic heterocycles. The number of benzene rings is 1. The second-order valence-corrected chi connectivity index (χ2v) is 11.0. The number of piperidine rings is 1. The molecule has 0 unspecified atom stereocenters. The smallest absolute Gasteiger partial charge is 0.418 e. The van der Waals surface area contributed by atoms with Crippen LogP contribution in [-0.4, -0.2) is 42.6 Å². The zero-order chi connectivity index (χ0) is 27.9. The molecule has 8 nitrogen and oxygen atoms in total. The number of carbonyl (C=O) groups is 1. The monoisotopic (exact) mass is 552 g/mol. The number of rotatable bonds is 6. The molecule has 1 aromatic carbocycles. The molecule has 1 aliphatic heterocycles. The first-order chi connectivity index (χ1) is 17.7. The van der Waals surface area contributed by atoms with Crippen molar-refractivity contribution in [3.63, 3.8) is 0 Å². The number of halogens is 4. The van der Waals surface area contributed by atoms with E-state index in [1.807, 2.05) is 0 Å². The molecule has 1 saturated heterocycles. The van der Waals surface area contributed by atoms with Crippen molar-refractivity contribution in [1.82, 2.24) is 9.97 Å². The fourth-order valence-electron chi connectivity index (χ4n) is 4.33. The summed E-state index contributed by atoms with van der Waals surface area (Å²) < 4.78 is 83.4. The van der Waals surface area contributed by atoms with Crippen LogP contribution in [-0.2, 0) is 21.0 Å². The molecule has 0 amide bonds. The van der Waals surface area contributed by atoms with E-state index in [-0.39, 0.29) is 17.9 Å². The first-order valence-corrected chi connectivity index (χ1v) is 13.0. The number of aryl methyl sites for hydroxylation is 1. The minimum Gasteiger partial charge on any atom is -0.481 e. The number of carboxylic acids is 1. The van der Waals surface area contributed by atoms with Crippen molar-refractivity contribution in [2.24, 2.45) is 5.41 Å². The molecule has 2 N–H and O–H groups in total. The van der Waals surface area contributed by atoms with Crippen molar-refractivity contribution in [1.29, 1.82) is 0 Å². The fraction of sp³-hybridized carbons (Fsp3) is 0.320. The van der Waals surface area contributed by atoms with E-state index in [4.69, 9.17) is 0 Å². The third-order valence-electron chi connectivity index (χ3n) is 6.42. The number of alkyl halides is 3. The highest BCUT2D eigenvalue weighted by Crippen LogP contribution is 2.38. The third-order valence-corrected chi connectivity index (χ3v) is 7.67. The van der Waals surface area contributed by atoms with E-state index in [1.165, 1.54) is 25.1 Å². The summed E-state index contributed by atoms with van der Waals surface area (Å²) in [5.41, 5.74) is -2.62. The number of hydrogen-bond acceptors (Lipinski definition) is 6. The Labute approximate surface area is 216 Å². The average molecular weight is 553 g/mol. The van der Waals surface area contributed by atoms with Gasteiger partial charge in [0.1, 0.15) is 17.5 Å². The minimum atomic E-state index is -4.83. The lowest BCUT2D eigenvalue weighted by atomic mass is 9.82. The third kappa shape index (κ3) is 5.57. The Morgan fingerprint density at radius 3 is 2.55 bits per heavy atom. The van der Waals surface area contributed by atoms with Crippen molar-refractivity contribution in [2.75, 3.05) is 22.7 Å². The molecular weight excluding hydrogens is 528 g/mol. The van der Waals surface area contributed by atoms with E-state index in [2.05, 4.69) is 14.7 Å². The number of hydrogen-bond donors (Lipinski definition) is 2. The number of anilines is 2. The number of nitrogens with one attached hydrogen (secondary N) is 1. The molecule has 13 heteroatoms. The SMILES string of the molecule is Cc1ccc(F)cc1-c1nc(NS(=O)(=O)c2cccc(N3CCC[C@@](C)(C(=O)O)C3)n2)ccc1C(F)(F)F. The molecule has 0 spiro atoms. The van der Waals surface area contributed by atoms with E-state index in [0.717, 1.165) is 18.2 Å². The largest absolute Gasteiger partial charge is 0.481 e. The summed E-state index contributed by atoms with van der Waals surface area (Å²) in [4.78, 5) is 21.4. The van der Waals surface area contributed by atoms with Gasteiger partial charge in [0.2, 0.25) is 0 Å². The second-order valence-electron chi connectivity index (χ2n) is 9.38. The number of pyridine rings is 2. The lowest BCUT2D eigenvalue weighted by molar-refractivity contribution is -0.148. The summed E-state index contributed by atoms with van der Waals surface area (Å²) in [6.07, 6.45) is -3.80. The van der Waals surface area contributed by atoms with E-state index in [9.17, 15) is 35.9 Å². The van der Waals surface area contributed by atoms with Gasteiger partial charge in [-0.2, -0.15) is 21.6 Å². The quantitative estimate of drug-likeness (QED) is 0.409. The molecule has 38 heavy (non-hydrogen) atoms. The Morgan fingerprint density at radius 1 is 1.13 bits per heavy atom. The molecule has 4 rings (SSSR count). The van der Waals surface area contributed by atoms with Crippen molar-refractivity contribution < 1.29 is 35.9 Å².